The number of anilines is 1. The second kappa shape index (κ2) is 23.3. The Morgan fingerprint density at radius 1 is 0.917 bits per heavy atom. The van der Waals surface area contributed by atoms with Gasteiger partial charge in [-0.25, -0.2) is 9.07 Å². The molecule has 8 atom stereocenters. The summed E-state index contributed by atoms with van der Waals surface area (Å²) in [6, 6.07) is 19.2. The standard InChI is InChI=1S/C63H74FN13O7/c1-9-76-51(20-21-67-76)40-16-18-41(19-17-40)55(58(79)34(4)5)68-61(80)52-23-44(78)29-75(52)62(81)57(33(2)3)77-30-50(72-73-77)39-12-10-37(11-13-39)32-83-59-54(53-36(7)48(64)25-49-47(53)27-66-71-49)45(38-14-15-38)24-46-56(59)69-63(84-31-35(6)82-8)70-60(46)74-28-42-22-43(74)26-65-42/h10-13,16-21,24-25,27,30,33-35,38,42-44,52,55,57-58,65,78-79H,9,14-15,22-23,26,28-29,31-32H2,1-8H3,(H,66,71)(H,68,80)/t35-,42-,43-,44+,52-,55+,57-,58-/m0/s1. The van der Waals surface area contributed by atoms with Crippen molar-refractivity contribution >= 4 is 39.4 Å². The molecule has 4 aromatic heterocycles. The summed E-state index contributed by atoms with van der Waals surface area (Å²) in [6.45, 7) is 16.0. The van der Waals surface area contributed by atoms with Gasteiger partial charge in [0.15, 0.2) is 5.75 Å². The van der Waals surface area contributed by atoms with Gasteiger partial charge >= 0.3 is 6.01 Å². The highest BCUT2D eigenvalue weighted by Crippen LogP contribution is 2.53. The Hall–Kier alpha value is -7.85. The molecule has 5 N–H and O–H groups in total. The fourth-order valence-corrected chi connectivity index (χ4v) is 12.5. The number of aromatic amines is 1. The Kier molecular flexibility index (Phi) is 15.7. The molecule has 3 saturated heterocycles. The van der Waals surface area contributed by atoms with E-state index in [4.69, 9.17) is 24.2 Å². The number of carbonyl (C=O) groups excluding carboxylic acids is 2. The van der Waals surface area contributed by atoms with Crippen LogP contribution in [-0.2, 0) is 27.5 Å². The molecule has 3 aliphatic heterocycles. The van der Waals surface area contributed by atoms with Gasteiger partial charge in [-0.15, -0.1) is 5.10 Å². The lowest BCUT2D eigenvalue weighted by atomic mass is 9.88. The molecular formula is C63H74FN13O7. The van der Waals surface area contributed by atoms with E-state index >= 15 is 4.39 Å². The molecule has 440 valence electrons. The Labute approximate surface area is 487 Å². The maximum atomic E-state index is 16.1. The number of piperazine rings is 1. The van der Waals surface area contributed by atoms with Gasteiger partial charge in [-0.05, 0) is 104 Å². The van der Waals surface area contributed by atoms with Crippen LogP contribution in [0.2, 0.25) is 0 Å². The minimum absolute atomic E-state index is 0.0312. The Balaban J connectivity index is 0.822. The number of ether oxygens (including phenoxy) is 3. The molecule has 4 aromatic carbocycles. The van der Waals surface area contributed by atoms with Gasteiger partial charge in [0.05, 0.1) is 48.0 Å². The molecule has 4 fully saturated rings. The number of likely N-dealkylation sites (tertiary alicyclic amines) is 1. The summed E-state index contributed by atoms with van der Waals surface area (Å²) in [7, 11) is 1.64. The number of hydrogen-bond acceptors (Lipinski definition) is 15. The van der Waals surface area contributed by atoms with Crippen molar-refractivity contribution in [3.05, 3.63) is 113 Å². The molecule has 20 nitrogen and oxygen atoms in total. The van der Waals surface area contributed by atoms with Crippen molar-refractivity contribution in [3.8, 4) is 45.4 Å². The number of rotatable bonds is 21. The minimum Gasteiger partial charge on any atom is -0.486 e. The van der Waals surface area contributed by atoms with Gasteiger partial charge < -0.3 is 44.9 Å². The van der Waals surface area contributed by atoms with E-state index in [1.54, 1.807) is 32.6 Å². The van der Waals surface area contributed by atoms with Crippen LogP contribution in [-0.4, -0.2) is 142 Å². The smallest absolute Gasteiger partial charge is 0.319 e. The van der Waals surface area contributed by atoms with E-state index in [0.717, 1.165) is 82.5 Å². The van der Waals surface area contributed by atoms with Gasteiger partial charge in [0.1, 0.15) is 48.1 Å². The highest BCUT2D eigenvalue weighted by atomic mass is 19.1. The first-order valence-electron chi connectivity index (χ1n) is 29.5. The van der Waals surface area contributed by atoms with Gasteiger partial charge in [-0.2, -0.15) is 20.2 Å². The van der Waals surface area contributed by atoms with Crippen molar-refractivity contribution < 1.29 is 38.4 Å². The zero-order chi connectivity index (χ0) is 58.7. The third-order valence-corrected chi connectivity index (χ3v) is 17.4. The summed E-state index contributed by atoms with van der Waals surface area (Å²) in [5, 5.41) is 51.7. The first-order valence-corrected chi connectivity index (χ1v) is 29.5. The number of aliphatic hydroxyl groups is 2. The van der Waals surface area contributed by atoms with E-state index in [9.17, 15) is 19.8 Å². The van der Waals surface area contributed by atoms with Crippen LogP contribution < -0.4 is 25.0 Å². The van der Waals surface area contributed by atoms with Crippen LogP contribution in [0.1, 0.15) is 107 Å². The fourth-order valence-electron chi connectivity index (χ4n) is 12.5. The zero-order valence-corrected chi connectivity index (χ0v) is 48.8. The lowest BCUT2D eigenvalue weighted by Crippen LogP contribution is -2.51. The van der Waals surface area contributed by atoms with Crippen LogP contribution in [0.15, 0.2) is 85.3 Å². The number of aryl methyl sites for hydroxylation is 1. The van der Waals surface area contributed by atoms with Gasteiger partial charge in [0.2, 0.25) is 11.8 Å². The van der Waals surface area contributed by atoms with E-state index in [2.05, 4.69) is 47.2 Å². The maximum absolute atomic E-state index is 16.1. The number of benzene rings is 4. The third-order valence-electron chi connectivity index (χ3n) is 17.4. The van der Waals surface area contributed by atoms with E-state index in [1.807, 2.05) is 101 Å². The summed E-state index contributed by atoms with van der Waals surface area (Å²) in [5.74, 6) is -0.227. The number of aromatic nitrogens is 9. The molecule has 21 heteroatoms. The lowest BCUT2D eigenvalue weighted by molar-refractivity contribution is -0.143. The predicted octanol–water partition coefficient (Wildman–Crippen LogP) is 8.22. The first kappa shape index (κ1) is 56.6. The van der Waals surface area contributed by atoms with Crippen LogP contribution in [0.3, 0.4) is 0 Å². The van der Waals surface area contributed by atoms with Crippen LogP contribution >= 0.6 is 0 Å². The normalized spacial score (nSPS) is 20.2. The van der Waals surface area contributed by atoms with Crippen molar-refractivity contribution in [2.75, 3.05) is 38.3 Å². The second-order valence-electron chi connectivity index (χ2n) is 23.9. The van der Waals surface area contributed by atoms with Crippen molar-refractivity contribution in [3.63, 3.8) is 0 Å². The number of methoxy groups -OCH3 is 1. The molecule has 84 heavy (non-hydrogen) atoms. The second-order valence-corrected chi connectivity index (χ2v) is 23.9. The summed E-state index contributed by atoms with van der Waals surface area (Å²) >= 11 is 0. The van der Waals surface area contributed by atoms with Gasteiger partial charge in [0, 0.05) is 85.5 Å². The monoisotopic (exact) mass is 1140 g/mol. The molecule has 7 heterocycles. The molecule has 0 unspecified atom stereocenters. The Bertz CT molecular complexity index is 3710. The summed E-state index contributed by atoms with van der Waals surface area (Å²) in [6.07, 6.45) is 6.10. The average molecular weight is 1140 g/mol. The van der Waals surface area contributed by atoms with Gasteiger partial charge in [-0.1, -0.05) is 81.4 Å². The third kappa shape index (κ3) is 10.9. The average Bonchev–Trinajstić information content (AvgIpc) is 1.77. The van der Waals surface area contributed by atoms with Crippen molar-refractivity contribution in [2.24, 2.45) is 11.8 Å². The summed E-state index contributed by atoms with van der Waals surface area (Å²) in [4.78, 5) is 43.3. The maximum Gasteiger partial charge on any atom is 0.319 e. The SMILES string of the molecule is CCn1nccc1-c1ccc([C@@H](NC(=O)[C@@H]2C[C@@H](O)CN2C(=O)[C@H](C(C)C)n2cc(-c3ccc(COc4c(-c5c(C)c(F)cc6[nH]ncc56)c(C5CC5)cc5c(N6C[C@@H]7C[C@H]6CN7)nc(OC[C@H](C)OC)nc45)cc3)nn2)[C@@H](O)C(C)C)cc1. The molecule has 4 aliphatic rings. The molecule has 1 saturated carbocycles. The number of fused-ring (bicyclic) bond motifs is 4. The molecule has 2 amide bonds. The number of aliphatic hydroxyl groups excluding tert-OH is 2. The van der Waals surface area contributed by atoms with Crippen LogP contribution in [0.4, 0.5) is 10.2 Å². The molecular weight excluding hydrogens is 1070 g/mol. The molecule has 0 radical (unpaired) electrons. The lowest BCUT2D eigenvalue weighted by Gasteiger charge is -2.32. The number of β-amino-alcohol motifs (C(OH)–C–C–N with tert-alkyl or cyclic N) is 1. The summed E-state index contributed by atoms with van der Waals surface area (Å²) in [5.41, 5.74) is 8.81. The minimum atomic E-state index is -1.01. The van der Waals surface area contributed by atoms with Crippen molar-refractivity contribution in [2.45, 2.75) is 142 Å². The molecule has 0 spiro atoms. The number of nitrogens with zero attached hydrogens (tertiary/aromatic N) is 10. The molecule has 2 bridgehead atoms. The van der Waals surface area contributed by atoms with E-state index < -0.39 is 36.2 Å². The zero-order valence-electron chi connectivity index (χ0n) is 48.8. The highest BCUT2D eigenvalue weighted by molar-refractivity contribution is 6.06. The first-order chi connectivity index (χ1) is 40.6. The number of H-pyrrole nitrogens is 1. The number of carbonyl (C=O) groups is 2. The van der Waals surface area contributed by atoms with E-state index in [0.29, 0.717) is 51.8 Å². The Morgan fingerprint density at radius 2 is 1.69 bits per heavy atom. The van der Waals surface area contributed by atoms with E-state index in [1.165, 1.54) is 15.6 Å². The van der Waals surface area contributed by atoms with Crippen LogP contribution in [0.5, 0.6) is 11.8 Å². The molecule has 8 aromatic rings. The van der Waals surface area contributed by atoms with E-state index in [-0.39, 0.29) is 73.8 Å². The topological polar surface area (TPSA) is 236 Å². The van der Waals surface area contributed by atoms with Crippen LogP contribution in [0, 0.1) is 24.6 Å². The molecule has 1 aliphatic carbocycles. The van der Waals surface area contributed by atoms with Crippen molar-refractivity contribution in [1.29, 1.82) is 0 Å². The predicted molar refractivity (Wildman–Crippen MR) is 316 cm³/mol. The van der Waals surface area contributed by atoms with Gasteiger partial charge in [-0.3, -0.25) is 19.4 Å². The fraction of sp³-hybridized carbons (Fsp3) is 0.460. The quantitative estimate of drug-likeness (QED) is 0.0456. The Morgan fingerprint density at radius 3 is 2.38 bits per heavy atom. The number of hydrogen-bond donors (Lipinski definition) is 5. The van der Waals surface area contributed by atoms with Crippen LogP contribution in [0.25, 0.3) is 55.4 Å². The summed E-state index contributed by atoms with van der Waals surface area (Å²) < 4.78 is 38.6. The number of amides is 2. The van der Waals surface area contributed by atoms with Gasteiger partial charge in [0.25, 0.3) is 0 Å². The molecule has 12 rings (SSSR count). The number of nitrogens with one attached hydrogen (secondary N) is 3. The number of halogens is 1. The highest BCUT2D eigenvalue weighted by Gasteiger charge is 2.45. The largest absolute Gasteiger partial charge is 0.486 e. The van der Waals surface area contributed by atoms with Crippen molar-refractivity contribution in [1.82, 2.24) is 60.5 Å².